The van der Waals surface area contributed by atoms with Gasteiger partial charge in [0.25, 0.3) is 5.82 Å². The number of benzene rings is 1. The van der Waals surface area contributed by atoms with Crippen molar-refractivity contribution in [3.8, 4) is 22.7 Å². The Bertz CT molecular complexity index is 1300. The molecule has 0 N–H and O–H groups in total. The largest absolute Gasteiger partial charge is 0.485 e. The van der Waals surface area contributed by atoms with E-state index >= 15 is 0 Å². The molecule has 0 amide bonds. The van der Waals surface area contributed by atoms with Crippen LogP contribution in [0.15, 0.2) is 47.8 Å². The molecule has 0 spiro atoms. The van der Waals surface area contributed by atoms with Gasteiger partial charge in [-0.15, -0.1) is 5.10 Å². The molecule has 2 heterocycles. The van der Waals surface area contributed by atoms with Gasteiger partial charge < -0.3 is 4.74 Å². The van der Waals surface area contributed by atoms with E-state index in [1.807, 2.05) is 0 Å². The number of rotatable bonds is 7. The lowest BCUT2D eigenvalue weighted by Gasteiger charge is -2.19. The Morgan fingerprint density at radius 1 is 0.971 bits per heavy atom. The third kappa shape index (κ3) is 5.68. The predicted octanol–water partition coefficient (Wildman–Crippen LogP) is 4.72. The SMILES string of the molecule is CCS(=O)(=O)c1cc(-n2cnc(C(F)(F)F)n2)ccc1-c1ccc(OCC(F)(F)C(F)(F)F)cn1. The predicted molar refractivity (Wildman–Crippen MR) is 104 cm³/mol. The first-order valence-electron chi connectivity index (χ1n) is 9.45. The Morgan fingerprint density at radius 2 is 1.66 bits per heavy atom. The second-order valence-electron chi connectivity index (χ2n) is 6.96. The summed E-state index contributed by atoms with van der Waals surface area (Å²) in [6.45, 7) is -0.659. The third-order valence-corrected chi connectivity index (χ3v) is 6.31. The van der Waals surface area contributed by atoms with E-state index in [4.69, 9.17) is 0 Å². The molecule has 2 aromatic heterocycles. The van der Waals surface area contributed by atoms with Gasteiger partial charge in [0.2, 0.25) is 0 Å². The van der Waals surface area contributed by atoms with Crippen LogP contribution in [0.2, 0.25) is 0 Å². The number of pyridine rings is 1. The van der Waals surface area contributed by atoms with Crippen molar-refractivity contribution in [1.29, 1.82) is 0 Å². The highest BCUT2D eigenvalue weighted by Gasteiger charge is 2.58. The van der Waals surface area contributed by atoms with Gasteiger partial charge in [0.1, 0.15) is 12.1 Å². The molecule has 0 atom stereocenters. The highest BCUT2D eigenvalue weighted by Crippen LogP contribution is 2.36. The van der Waals surface area contributed by atoms with Crippen LogP contribution < -0.4 is 4.74 Å². The fourth-order valence-electron chi connectivity index (χ4n) is 2.68. The van der Waals surface area contributed by atoms with E-state index in [9.17, 15) is 43.5 Å². The summed E-state index contributed by atoms with van der Waals surface area (Å²) in [4.78, 5) is 6.68. The van der Waals surface area contributed by atoms with Crippen LogP contribution in [0.25, 0.3) is 16.9 Å². The van der Waals surface area contributed by atoms with Crippen LogP contribution in [0.5, 0.6) is 5.75 Å². The summed E-state index contributed by atoms with van der Waals surface area (Å²) in [7, 11) is -3.96. The molecule has 0 radical (unpaired) electrons. The fourth-order valence-corrected chi connectivity index (χ4v) is 3.80. The molecule has 0 aliphatic rings. The summed E-state index contributed by atoms with van der Waals surface area (Å²) in [6, 6.07) is 5.67. The highest BCUT2D eigenvalue weighted by atomic mass is 32.2. The van der Waals surface area contributed by atoms with Crippen LogP contribution in [0.3, 0.4) is 0 Å². The summed E-state index contributed by atoms with van der Waals surface area (Å²) in [6.07, 6.45) is -9.05. The molecule has 1 aromatic carbocycles. The van der Waals surface area contributed by atoms with Crippen LogP contribution in [0.1, 0.15) is 12.7 Å². The van der Waals surface area contributed by atoms with Gasteiger partial charge in [-0.1, -0.05) is 6.92 Å². The number of ether oxygens (including phenoxy) is 1. The molecule has 0 saturated heterocycles. The zero-order chi connectivity index (χ0) is 26.2. The minimum absolute atomic E-state index is 0.000989. The molecule has 0 aliphatic heterocycles. The summed E-state index contributed by atoms with van der Waals surface area (Å²) in [5, 5.41) is 3.28. The van der Waals surface area contributed by atoms with Gasteiger partial charge >= 0.3 is 18.3 Å². The minimum atomic E-state index is -5.81. The molecule has 0 fully saturated rings. The average Bonchev–Trinajstić information content (AvgIpc) is 3.28. The van der Waals surface area contributed by atoms with Crippen molar-refractivity contribution in [1.82, 2.24) is 19.7 Å². The molecule has 35 heavy (non-hydrogen) atoms. The van der Waals surface area contributed by atoms with Crippen molar-refractivity contribution >= 4 is 9.84 Å². The van der Waals surface area contributed by atoms with Gasteiger partial charge in [-0.3, -0.25) is 4.98 Å². The Hall–Kier alpha value is -3.30. The molecule has 3 rings (SSSR count). The summed E-state index contributed by atoms with van der Waals surface area (Å²) >= 11 is 0. The number of aromatic nitrogens is 4. The van der Waals surface area contributed by atoms with E-state index in [0.717, 1.165) is 35.4 Å². The van der Waals surface area contributed by atoms with Crippen molar-refractivity contribution < 1.29 is 48.3 Å². The lowest BCUT2D eigenvalue weighted by molar-refractivity contribution is -0.290. The van der Waals surface area contributed by atoms with Crippen molar-refractivity contribution in [3.63, 3.8) is 0 Å². The monoisotopic (exact) mass is 530 g/mol. The number of hydrogen-bond acceptors (Lipinski definition) is 6. The smallest absolute Gasteiger partial charge is 0.456 e. The van der Waals surface area contributed by atoms with E-state index < -0.39 is 46.3 Å². The molecular weight excluding hydrogens is 516 g/mol. The lowest BCUT2D eigenvalue weighted by Crippen LogP contribution is -2.41. The molecule has 0 saturated carbocycles. The second kappa shape index (κ2) is 9.05. The van der Waals surface area contributed by atoms with Crippen LogP contribution >= 0.6 is 0 Å². The molecule has 0 bridgehead atoms. The Labute approximate surface area is 192 Å². The molecule has 190 valence electrons. The van der Waals surface area contributed by atoms with E-state index in [0.29, 0.717) is 0 Å². The maximum absolute atomic E-state index is 13.0. The standard InChI is InChI=1S/C19H14F8N4O3S/c1-2-35(32,33)15-7-11(31-10-29-16(30-31)18(22,23)24)3-5-13(15)14-6-4-12(8-28-14)34-9-17(20,21)19(25,26)27/h3-8,10H,2,9H2,1H3. The minimum Gasteiger partial charge on any atom is -0.485 e. The third-order valence-electron chi connectivity index (χ3n) is 4.54. The van der Waals surface area contributed by atoms with E-state index in [2.05, 4.69) is 19.8 Å². The number of hydrogen-bond donors (Lipinski definition) is 0. The number of alkyl halides is 8. The van der Waals surface area contributed by atoms with Gasteiger partial charge in [0, 0.05) is 5.56 Å². The Kier molecular flexibility index (Phi) is 6.80. The summed E-state index contributed by atoms with van der Waals surface area (Å²) in [5.74, 6) is -7.36. The first-order valence-corrected chi connectivity index (χ1v) is 11.1. The topological polar surface area (TPSA) is 87.0 Å². The zero-order valence-electron chi connectivity index (χ0n) is 17.4. The van der Waals surface area contributed by atoms with Gasteiger partial charge in [-0.05, 0) is 30.3 Å². The number of halogens is 8. The van der Waals surface area contributed by atoms with Crippen LogP contribution in [0.4, 0.5) is 35.1 Å². The van der Waals surface area contributed by atoms with Crippen molar-refractivity contribution in [2.45, 2.75) is 30.1 Å². The Morgan fingerprint density at radius 3 is 2.17 bits per heavy atom. The molecule has 3 aromatic rings. The lowest BCUT2D eigenvalue weighted by atomic mass is 10.1. The quantitative estimate of drug-likeness (QED) is 0.411. The molecule has 16 heteroatoms. The molecule has 0 unspecified atom stereocenters. The zero-order valence-corrected chi connectivity index (χ0v) is 18.2. The molecule has 7 nitrogen and oxygen atoms in total. The molecule has 0 aliphatic carbocycles. The molecular formula is C19H14F8N4O3S. The van der Waals surface area contributed by atoms with Gasteiger partial charge in [0.15, 0.2) is 16.4 Å². The van der Waals surface area contributed by atoms with E-state index in [1.54, 1.807) is 0 Å². The number of nitrogens with zero attached hydrogens (tertiary/aromatic N) is 4. The van der Waals surface area contributed by atoms with E-state index in [1.165, 1.54) is 19.1 Å². The number of sulfone groups is 1. The van der Waals surface area contributed by atoms with Gasteiger partial charge in [0.05, 0.1) is 28.2 Å². The van der Waals surface area contributed by atoms with Crippen LogP contribution in [-0.4, -0.2) is 52.6 Å². The van der Waals surface area contributed by atoms with Crippen molar-refractivity contribution in [2.24, 2.45) is 0 Å². The van der Waals surface area contributed by atoms with Crippen LogP contribution in [-0.2, 0) is 16.0 Å². The second-order valence-corrected chi connectivity index (χ2v) is 9.21. The van der Waals surface area contributed by atoms with Crippen molar-refractivity contribution in [2.75, 3.05) is 12.4 Å². The normalized spacial score (nSPS) is 13.2. The van der Waals surface area contributed by atoms with E-state index in [-0.39, 0.29) is 27.6 Å². The first-order chi connectivity index (χ1) is 16.0. The fraction of sp³-hybridized carbons (Fsp3) is 0.316. The Balaban J connectivity index is 1.95. The summed E-state index contributed by atoms with van der Waals surface area (Å²) in [5.41, 5.74) is -0.0786. The maximum atomic E-state index is 13.0. The van der Waals surface area contributed by atoms with Crippen LogP contribution in [0, 0.1) is 0 Å². The summed E-state index contributed by atoms with van der Waals surface area (Å²) < 4.78 is 132. The first kappa shape index (κ1) is 26.3. The van der Waals surface area contributed by atoms with Gasteiger partial charge in [-0.2, -0.15) is 35.1 Å². The van der Waals surface area contributed by atoms with Crippen molar-refractivity contribution in [3.05, 3.63) is 48.7 Å². The van der Waals surface area contributed by atoms with Gasteiger partial charge in [-0.25, -0.2) is 18.1 Å². The highest BCUT2D eigenvalue weighted by molar-refractivity contribution is 7.91. The maximum Gasteiger partial charge on any atom is 0.456 e. The average molecular weight is 530 g/mol.